The SMILES string of the molecule is COC(=O)c1ccc(C(=O)N2CCO[C@@H](CN(C)C)[C@@H]2c2cnn(C)c2)cc1. The minimum atomic E-state index is -0.426. The standard InChI is InChI=1S/C20H26N4O4/c1-22(2)13-17-18(16-11-21-23(3)12-16)24(9-10-28-17)19(25)14-5-7-15(8-6-14)20(26)27-4/h5-8,11-12,17-18H,9-10,13H2,1-4H3/t17-,18-/m0/s1. The van der Waals surface area contributed by atoms with E-state index in [1.165, 1.54) is 7.11 Å². The number of rotatable bonds is 5. The molecule has 28 heavy (non-hydrogen) atoms. The van der Waals surface area contributed by atoms with Gasteiger partial charge in [-0.2, -0.15) is 5.10 Å². The third-order valence-electron chi connectivity index (χ3n) is 4.78. The Morgan fingerprint density at radius 3 is 2.50 bits per heavy atom. The van der Waals surface area contributed by atoms with E-state index in [2.05, 4.69) is 5.10 Å². The molecule has 0 spiro atoms. The maximum Gasteiger partial charge on any atom is 0.337 e. The Morgan fingerprint density at radius 2 is 1.93 bits per heavy atom. The lowest BCUT2D eigenvalue weighted by Gasteiger charge is -2.41. The molecule has 150 valence electrons. The number of morpholine rings is 1. The molecule has 2 aromatic rings. The maximum absolute atomic E-state index is 13.3. The van der Waals surface area contributed by atoms with E-state index in [0.717, 1.165) is 5.56 Å². The van der Waals surface area contributed by atoms with Gasteiger partial charge in [0.05, 0.1) is 37.6 Å². The van der Waals surface area contributed by atoms with E-state index in [4.69, 9.17) is 9.47 Å². The summed E-state index contributed by atoms with van der Waals surface area (Å²) >= 11 is 0. The Bertz CT molecular complexity index is 831. The molecule has 0 unspecified atom stereocenters. The molecule has 8 heteroatoms. The number of aromatic nitrogens is 2. The largest absolute Gasteiger partial charge is 0.465 e. The summed E-state index contributed by atoms with van der Waals surface area (Å²) in [4.78, 5) is 28.8. The van der Waals surface area contributed by atoms with E-state index >= 15 is 0 Å². The van der Waals surface area contributed by atoms with Crippen molar-refractivity contribution in [3.05, 3.63) is 53.3 Å². The van der Waals surface area contributed by atoms with Crippen LogP contribution in [0.5, 0.6) is 0 Å². The zero-order valence-electron chi connectivity index (χ0n) is 16.7. The van der Waals surface area contributed by atoms with Crippen molar-refractivity contribution in [2.24, 2.45) is 7.05 Å². The van der Waals surface area contributed by atoms with Crippen molar-refractivity contribution in [1.82, 2.24) is 19.6 Å². The van der Waals surface area contributed by atoms with Crippen LogP contribution >= 0.6 is 0 Å². The highest BCUT2D eigenvalue weighted by Crippen LogP contribution is 2.31. The number of hydrogen-bond donors (Lipinski definition) is 0. The Kier molecular flexibility index (Phi) is 6.11. The van der Waals surface area contributed by atoms with Gasteiger partial charge in [0.15, 0.2) is 0 Å². The maximum atomic E-state index is 13.3. The third-order valence-corrected chi connectivity index (χ3v) is 4.78. The molecule has 1 fully saturated rings. The van der Waals surface area contributed by atoms with Crippen molar-refractivity contribution in [3.8, 4) is 0 Å². The smallest absolute Gasteiger partial charge is 0.337 e. The summed E-state index contributed by atoms with van der Waals surface area (Å²) < 4.78 is 12.5. The Hall–Kier alpha value is -2.71. The van der Waals surface area contributed by atoms with Gasteiger partial charge in [-0.1, -0.05) is 0 Å². The summed E-state index contributed by atoms with van der Waals surface area (Å²) in [7, 11) is 7.15. The molecule has 0 saturated carbocycles. The predicted octanol–water partition coefficient (Wildman–Crippen LogP) is 1.35. The van der Waals surface area contributed by atoms with Crippen molar-refractivity contribution in [2.45, 2.75) is 12.1 Å². The number of methoxy groups -OCH3 is 1. The highest BCUT2D eigenvalue weighted by Gasteiger charge is 2.37. The van der Waals surface area contributed by atoms with Crippen LogP contribution in [0.2, 0.25) is 0 Å². The lowest BCUT2D eigenvalue weighted by atomic mass is 9.99. The number of nitrogens with zero attached hydrogens (tertiary/aromatic N) is 4. The fraction of sp³-hybridized carbons (Fsp3) is 0.450. The number of benzene rings is 1. The van der Waals surface area contributed by atoms with Crippen molar-refractivity contribution >= 4 is 11.9 Å². The molecule has 8 nitrogen and oxygen atoms in total. The van der Waals surface area contributed by atoms with Gasteiger partial charge in [-0.25, -0.2) is 4.79 Å². The molecular weight excluding hydrogens is 360 g/mol. The first-order chi connectivity index (χ1) is 13.4. The third kappa shape index (κ3) is 4.23. The molecule has 0 aliphatic carbocycles. The molecule has 1 amide bonds. The minimum Gasteiger partial charge on any atom is -0.465 e. The predicted molar refractivity (Wildman–Crippen MR) is 103 cm³/mol. The second-order valence-corrected chi connectivity index (χ2v) is 7.13. The van der Waals surface area contributed by atoms with Crippen molar-refractivity contribution in [1.29, 1.82) is 0 Å². The van der Waals surface area contributed by atoms with Gasteiger partial charge in [0, 0.05) is 37.5 Å². The highest BCUT2D eigenvalue weighted by molar-refractivity contribution is 5.96. The topological polar surface area (TPSA) is 76.9 Å². The van der Waals surface area contributed by atoms with Gasteiger partial charge in [-0.05, 0) is 38.4 Å². The van der Waals surface area contributed by atoms with E-state index in [0.29, 0.717) is 30.8 Å². The normalized spacial score (nSPS) is 19.7. The number of likely N-dealkylation sites (N-methyl/N-ethyl adjacent to an activating group) is 1. The molecule has 1 aliphatic heterocycles. The van der Waals surface area contributed by atoms with Gasteiger partial charge in [0.1, 0.15) is 0 Å². The summed E-state index contributed by atoms with van der Waals surface area (Å²) in [6.07, 6.45) is 3.54. The lowest BCUT2D eigenvalue weighted by molar-refractivity contribution is -0.0684. The van der Waals surface area contributed by atoms with E-state index < -0.39 is 5.97 Å². The molecule has 1 saturated heterocycles. The number of esters is 1. The van der Waals surface area contributed by atoms with Crippen LogP contribution in [0.4, 0.5) is 0 Å². The van der Waals surface area contributed by atoms with Crippen molar-refractivity contribution < 1.29 is 19.1 Å². The van der Waals surface area contributed by atoms with E-state index in [1.807, 2.05) is 37.1 Å². The summed E-state index contributed by atoms with van der Waals surface area (Å²) in [6.45, 7) is 1.65. The number of ether oxygens (including phenoxy) is 2. The van der Waals surface area contributed by atoms with Gasteiger partial charge in [-0.15, -0.1) is 0 Å². The first-order valence-electron chi connectivity index (χ1n) is 9.15. The molecule has 0 N–H and O–H groups in total. The number of carbonyl (C=O) groups excluding carboxylic acids is 2. The van der Waals surface area contributed by atoms with Crippen LogP contribution in [0, 0.1) is 0 Å². The monoisotopic (exact) mass is 386 g/mol. The molecule has 2 atom stereocenters. The Labute approximate surface area is 164 Å². The first-order valence-corrected chi connectivity index (χ1v) is 9.15. The van der Waals surface area contributed by atoms with Gasteiger partial charge >= 0.3 is 5.97 Å². The van der Waals surface area contributed by atoms with Crippen LogP contribution < -0.4 is 0 Å². The number of amides is 1. The summed E-state index contributed by atoms with van der Waals surface area (Å²) in [5.74, 6) is -0.526. The summed E-state index contributed by atoms with van der Waals surface area (Å²) in [5.41, 5.74) is 1.87. The van der Waals surface area contributed by atoms with Gasteiger partial charge in [-0.3, -0.25) is 9.48 Å². The first kappa shape index (κ1) is 20.0. The number of aryl methyl sites for hydroxylation is 1. The lowest BCUT2D eigenvalue weighted by Crippen LogP contribution is -2.51. The zero-order chi connectivity index (χ0) is 20.3. The van der Waals surface area contributed by atoms with Crippen LogP contribution in [0.1, 0.15) is 32.3 Å². The van der Waals surface area contributed by atoms with Crippen molar-refractivity contribution in [2.75, 3.05) is 40.9 Å². The van der Waals surface area contributed by atoms with Crippen molar-refractivity contribution in [3.63, 3.8) is 0 Å². The van der Waals surface area contributed by atoms with Gasteiger partial charge < -0.3 is 19.3 Å². The van der Waals surface area contributed by atoms with Crippen LogP contribution in [-0.4, -0.2) is 78.5 Å². The summed E-state index contributed by atoms with van der Waals surface area (Å²) in [6, 6.07) is 6.29. The van der Waals surface area contributed by atoms with E-state index in [-0.39, 0.29) is 18.1 Å². The second kappa shape index (κ2) is 8.53. The zero-order valence-corrected chi connectivity index (χ0v) is 16.7. The number of carbonyl (C=O) groups is 2. The average molecular weight is 386 g/mol. The highest BCUT2D eigenvalue weighted by atomic mass is 16.5. The fourth-order valence-electron chi connectivity index (χ4n) is 3.49. The molecule has 1 aromatic heterocycles. The molecule has 1 aliphatic rings. The van der Waals surface area contributed by atoms with E-state index in [9.17, 15) is 9.59 Å². The molecule has 2 heterocycles. The van der Waals surface area contributed by atoms with E-state index in [1.54, 1.807) is 35.1 Å². The molecule has 0 bridgehead atoms. The number of hydrogen-bond acceptors (Lipinski definition) is 6. The average Bonchev–Trinajstić information content (AvgIpc) is 3.12. The minimum absolute atomic E-state index is 0.0997. The van der Waals surface area contributed by atoms with Gasteiger partial charge in [0.25, 0.3) is 5.91 Å². The van der Waals surface area contributed by atoms with Crippen LogP contribution in [0.25, 0.3) is 0 Å². The molecular formula is C20H26N4O4. The Balaban J connectivity index is 1.90. The van der Waals surface area contributed by atoms with Crippen LogP contribution in [0.3, 0.4) is 0 Å². The van der Waals surface area contributed by atoms with Crippen LogP contribution in [-0.2, 0) is 16.5 Å². The molecule has 1 aromatic carbocycles. The van der Waals surface area contributed by atoms with Gasteiger partial charge in [0.2, 0.25) is 0 Å². The second-order valence-electron chi connectivity index (χ2n) is 7.13. The molecule has 0 radical (unpaired) electrons. The Morgan fingerprint density at radius 1 is 1.25 bits per heavy atom. The summed E-state index contributed by atoms with van der Waals surface area (Å²) in [5, 5.41) is 4.27. The quantitative estimate of drug-likeness (QED) is 0.722. The molecule has 3 rings (SSSR count). The van der Waals surface area contributed by atoms with Crippen LogP contribution in [0.15, 0.2) is 36.7 Å². The fourth-order valence-corrected chi connectivity index (χ4v) is 3.49.